The molecule has 9 nitrogen and oxygen atoms in total. The molecule has 204 valence electrons. The summed E-state index contributed by atoms with van der Waals surface area (Å²) in [7, 11) is 4.00. The molecule has 1 aromatic carbocycles. The first-order valence-electron chi connectivity index (χ1n) is 13.3. The van der Waals surface area contributed by atoms with Crippen LogP contribution in [0.25, 0.3) is 0 Å². The topological polar surface area (TPSA) is 125 Å². The van der Waals surface area contributed by atoms with Gasteiger partial charge in [-0.05, 0) is 64.4 Å². The van der Waals surface area contributed by atoms with Crippen LogP contribution in [0.3, 0.4) is 0 Å². The second-order valence-electron chi connectivity index (χ2n) is 9.84. The van der Waals surface area contributed by atoms with Crippen molar-refractivity contribution >= 4 is 23.6 Å². The van der Waals surface area contributed by atoms with Crippen LogP contribution >= 0.6 is 0 Å². The molecule has 0 spiro atoms. The van der Waals surface area contributed by atoms with Crippen molar-refractivity contribution in [3.8, 4) is 0 Å². The fourth-order valence-corrected chi connectivity index (χ4v) is 4.32. The van der Waals surface area contributed by atoms with Crippen molar-refractivity contribution in [3.63, 3.8) is 0 Å². The number of nitrogens with two attached hydrogens (primary N) is 1. The van der Waals surface area contributed by atoms with Gasteiger partial charge in [-0.15, -0.1) is 0 Å². The van der Waals surface area contributed by atoms with Crippen LogP contribution < -0.4 is 11.1 Å². The summed E-state index contributed by atoms with van der Waals surface area (Å²) in [5.41, 5.74) is 9.48. The van der Waals surface area contributed by atoms with E-state index >= 15 is 0 Å². The number of carbonyl (C=O) groups excluding carboxylic acids is 1. The standard InChI is InChI=1S/C28H44N6O3/c1-5-6-7-15-30-27-24(21(2)31-28(29)32-27)13-9-17-34(25(35)14-10-16-33(3)4)20-23-12-8-11-22(18-23)19-26(36)37/h8,11-12,18H,5-7,9-10,13-17,19-20H2,1-4H3,(H,36,37)(H3,29,30,31,32). The van der Waals surface area contributed by atoms with Gasteiger partial charge in [-0.1, -0.05) is 44.0 Å². The van der Waals surface area contributed by atoms with Crippen LogP contribution in [0.4, 0.5) is 11.8 Å². The highest BCUT2D eigenvalue weighted by molar-refractivity contribution is 5.76. The Labute approximate surface area is 221 Å². The Hall–Kier alpha value is -3.20. The molecule has 9 heteroatoms. The van der Waals surface area contributed by atoms with Gasteiger partial charge in [-0.3, -0.25) is 9.59 Å². The lowest BCUT2D eigenvalue weighted by atomic mass is 10.1. The highest BCUT2D eigenvalue weighted by Gasteiger charge is 2.16. The van der Waals surface area contributed by atoms with Crippen LogP contribution in [0.1, 0.15) is 67.8 Å². The van der Waals surface area contributed by atoms with E-state index in [1.54, 1.807) is 6.07 Å². The average molecular weight is 513 g/mol. The number of aromatic nitrogens is 2. The number of anilines is 2. The summed E-state index contributed by atoms with van der Waals surface area (Å²) >= 11 is 0. The quantitative estimate of drug-likeness (QED) is 0.273. The summed E-state index contributed by atoms with van der Waals surface area (Å²) in [4.78, 5) is 37.1. The number of nitrogens with zero attached hydrogens (tertiary/aromatic N) is 4. The number of hydrogen-bond acceptors (Lipinski definition) is 7. The van der Waals surface area contributed by atoms with E-state index in [9.17, 15) is 9.59 Å². The maximum Gasteiger partial charge on any atom is 0.307 e. The lowest BCUT2D eigenvalue weighted by molar-refractivity contribution is -0.136. The van der Waals surface area contributed by atoms with Crippen molar-refractivity contribution in [1.82, 2.24) is 19.8 Å². The van der Waals surface area contributed by atoms with E-state index in [1.165, 1.54) is 0 Å². The molecule has 0 unspecified atom stereocenters. The van der Waals surface area contributed by atoms with E-state index in [0.29, 0.717) is 19.5 Å². The SMILES string of the molecule is CCCCCNc1nc(N)nc(C)c1CCCN(Cc1cccc(CC(=O)O)c1)C(=O)CCCN(C)C. The molecule has 0 fully saturated rings. The molecule has 1 aromatic heterocycles. The molecule has 0 aliphatic carbocycles. The van der Waals surface area contributed by atoms with E-state index in [1.807, 2.05) is 44.1 Å². The summed E-state index contributed by atoms with van der Waals surface area (Å²) in [6.07, 6.45) is 6.08. The van der Waals surface area contributed by atoms with Gasteiger partial charge >= 0.3 is 5.97 Å². The molecule has 0 saturated heterocycles. The summed E-state index contributed by atoms with van der Waals surface area (Å²) in [5.74, 6) is 0.284. The maximum absolute atomic E-state index is 13.2. The first-order valence-corrected chi connectivity index (χ1v) is 13.3. The van der Waals surface area contributed by atoms with Gasteiger partial charge in [0, 0.05) is 37.3 Å². The summed E-state index contributed by atoms with van der Waals surface area (Å²) in [5, 5.41) is 12.6. The molecule has 0 aliphatic heterocycles. The van der Waals surface area contributed by atoms with Gasteiger partial charge in [0.25, 0.3) is 0 Å². The molecule has 0 aliphatic rings. The number of carbonyl (C=O) groups is 2. The van der Waals surface area contributed by atoms with Crippen molar-refractivity contribution in [3.05, 3.63) is 46.6 Å². The van der Waals surface area contributed by atoms with Crippen molar-refractivity contribution in [1.29, 1.82) is 0 Å². The van der Waals surface area contributed by atoms with Crippen LogP contribution in [0.15, 0.2) is 24.3 Å². The minimum absolute atomic E-state index is 0.0327. The Morgan fingerprint density at radius 1 is 1.05 bits per heavy atom. The molecule has 0 atom stereocenters. The third kappa shape index (κ3) is 11.2. The van der Waals surface area contributed by atoms with Gasteiger partial charge in [0.05, 0.1) is 6.42 Å². The predicted molar refractivity (Wildman–Crippen MR) is 149 cm³/mol. The summed E-state index contributed by atoms with van der Waals surface area (Å²) < 4.78 is 0. The van der Waals surface area contributed by atoms with Crippen LogP contribution in [-0.2, 0) is 29.0 Å². The molecule has 4 N–H and O–H groups in total. The number of benzene rings is 1. The van der Waals surface area contributed by atoms with E-state index < -0.39 is 5.97 Å². The molecular formula is C28H44N6O3. The highest BCUT2D eigenvalue weighted by Crippen LogP contribution is 2.20. The second kappa shape index (κ2) is 15.8. The molecule has 37 heavy (non-hydrogen) atoms. The zero-order valence-electron chi connectivity index (χ0n) is 22.9. The molecule has 1 heterocycles. The van der Waals surface area contributed by atoms with Crippen molar-refractivity contribution in [2.75, 3.05) is 44.8 Å². The Morgan fingerprint density at radius 3 is 2.51 bits per heavy atom. The van der Waals surface area contributed by atoms with Crippen LogP contribution in [-0.4, -0.2) is 70.5 Å². The number of amides is 1. The summed E-state index contributed by atoms with van der Waals surface area (Å²) in [6, 6.07) is 7.49. The molecule has 0 bridgehead atoms. The van der Waals surface area contributed by atoms with Gasteiger partial charge in [0.1, 0.15) is 5.82 Å². The lowest BCUT2D eigenvalue weighted by Crippen LogP contribution is -2.32. The van der Waals surface area contributed by atoms with Gasteiger partial charge < -0.3 is 26.0 Å². The number of rotatable bonds is 17. The first kappa shape index (κ1) is 30.0. The van der Waals surface area contributed by atoms with E-state index in [2.05, 4.69) is 27.1 Å². The minimum atomic E-state index is -0.867. The molecule has 0 radical (unpaired) electrons. The fourth-order valence-electron chi connectivity index (χ4n) is 4.32. The van der Waals surface area contributed by atoms with Crippen LogP contribution in [0, 0.1) is 6.92 Å². The van der Waals surface area contributed by atoms with E-state index in [0.717, 1.165) is 79.8 Å². The highest BCUT2D eigenvalue weighted by atomic mass is 16.4. The van der Waals surface area contributed by atoms with E-state index in [-0.39, 0.29) is 18.3 Å². The number of aliphatic carboxylic acids is 1. The number of hydrogen-bond donors (Lipinski definition) is 3. The zero-order chi connectivity index (χ0) is 27.2. The number of carboxylic acid groups (broad SMARTS) is 1. The number of nitrogens with one attached hydrogen (secondary N) is 1. The Morgan fingerprint density at radius 2 is 1.81 bits per heavy atom. The first-order chi connectivity index (χ1) is 17.7. The van der Waals surface area contributed by atoms with Crippen molar-refractivity contribution in [2.45, 2.75) is 71.8 Å². The number of nitrogen functional groups attached to an aromatic ring is 1. The van der Waals surface area contributed by atoms with Crippen molar-refractivity contribution < 1.29 is 14.7 Å². The average Bonchev–Trinajstić information content (AvgIpc) is 2.82. The lowest BCUT2D eigenvalue weighted by Gasteiger charge is -2.24. The third-order valence-corrected chi connectivity index (χ3v) is 6.23. The molecule has 0 saturated carbocycles. The monoisotopic (exact) mass is 512 g/mol. The van der Waals surface area contributed by atoms with Crippen molar-refractivity contribution in [2.24, 2.45) is 0 Å². The van der Waals surface area contributed by atoms with Crippen LogP contribution in [0.5, 0.6) is 0 Å². The Balaban J connectivity index is 2.11. The normalized spacial score (nSPS) is 11.1. The Kier molecular flexibility index (Phi) is 12.8. The van der Waals surface area contributed by atoms with Gasteiger partial charge in [-0.25, -0.2) is 4.98 Å². The second-order valence-corrected chi connectivity index (χ2v) is 9.84. The predicted octanol–water partition coefficient (Wildman–Crippen LogP) is 3.90. The summed E-state index contributed by atoms with van der Waals surface area (Å²) in [6.45, 7) is 6.84. The zero-order valence-corrected chi connectivity index (χ0v) is 22.9. The van der Waals surface area contributed by atoms with Crippen LogP contribution in [0.2, 0.25) is 0 Å². The molecule has 1 amide bonds. The third-order valence-electron chi connectivity index (χ3n) is 6.23. The Bertz CT molecular complexity index is 1010. The van der Waals surface area contributed by atoms with Gasteiger partial charge in [0.15, 0.2) is 0 Å². The fraction of sp³-hybridized carbons (Fsp3) is 0.571. The maximum atomic E-state index is 13.2. The van der Waals surface area contributed by atoms with Gasteiger partial charge in [0.2, 0.25) is 11.9 Å². The number of unbranched alkanes of at least 4 members (excludes halogenated alkanes) is 2. The van der Waals surface area contributed by atoms with E-state index in [4.69, 9.17) is 10.8 Å². The minimum Gasteiger partial charge on any atom is -0.481 e. The number of carboxylic acids is 1. The number of aryl methyl sites for hydroxylation is 1. The van der Waals surface area contributed by atoms with Gasteiger partial charge in [-0.2, -0.15) is 4.98 Å². The molecular weight excluding hydrogens is 468 g/mol. The molecule has 2 rings (SSSR count). The largest absolute Gasteiger partial charge is 0.481 e. The smallest absolute Gasteiger partial charge is 0.307 e. The molecule has 2 aromatic rings.